The zero-order valence-corrected chi connectivity index (χ0v) is 19.2. The predicted octanol–water partition coefficient (Wildman–Crippen LogP) is 3.10. The molecule has 0 spiro atoms. The van der Waals surface area contributed by atoms with Crippen molar-refractivity contribution in [2.45, 2.75) is 44.9 Å². The molecule has 1 amide bonds. The molecule has 2 aromatic heterocycles. The standard InChI is InChI=1S/C23H27FN4O4S/c1-31-18-8-14(4-7-17(18)24)9-26-22(30)20-27-21(29)19-15(12-33-23(19)28-20)11-32-10-13-2-5-16(25)6-3-13/h4,7-8,12-13,16H,2-3,5-6,9-11,25H2,1H3,(H,26,30)(H,27,28,29)/t13-,16-. The smallest absolute Gasteiger partial charge is 0.287 e. The number of nitrogens with zero attached hydrogens (tertiary/aromatic N) is 1. The summed E-state index contributed by atoms with van der Waals surface area (Å²) in [7, 11) is 1.37. The van der Waals surface area contributed by atoms with Crippen LogP contribution < -0.4 is 21.3 Å². The summed E-state index contributed by atoms with van der Waals surface area (Å²) in [5, 5.41) is 4.97. The minimum atomic E-state index is -0.529. The largest absolute Gasteiger partial charge is 0.494 e. The second-order valence-corrected chi connectivity index (χ2v) is 9.16. The zero-order valence-electron chi connectivity index (χ0n) is 18.4. The molecule has 4 N–H and O–H groups in total. The van der Waals surface area contributed by atoms with Crippen LogP contribution in [0.5, 0.6) is 5.75 Å². The Bertz CT molecular complexity index is 1190. The molecule has 176 valence electrons. The SMILES string of the molecule is COc1cc(CNC(=O)c2nc3scc(COC[C@H]4CC[C@H](N)CC4)c3c(=O)[nH]2)ccc1F. The maximum Gasteiger partial charge on any atom is 0.287 e. The molecule has 1 aliphatic rings. The minimum Gasteiger partial charge on any atom is -0.494 e. The highest BCUT2D eigenvalue weighted by Gasteiger charge is 2.20. The number of benzene rings is 1. The number of carbonyl (C=O) groups excluding carboxylic acids is 1. The predicted molar refractivity (Wildman–Crippen MR) is 124 cm³/mol. The summed E-state index contributed by atoms with van der Waals surface area (Å²) in [5.41, 5.74) is 6.99. The van der Waals surface area contributed by atoms with Crippen LogP contribution in [0.15, 0.2) is 28.4 Å². The van der Waals surface area contributed by atoms with Gasteiger partial charge in [-0.15, -0.1) is 11.3 Å². The average Bonchev–Trinajstić information content (AvgIpc) is 3.23. The van der Waals surface area contributed by atoms with E-state index in [0.717, 1.165) is 31.2 Å². The summed E-state index contributed by atoms with van der Waals surface area (Å²) in [6.07, 6.45) is 4.19. The van der Waals surface area contributed by atoms with E-state index in [-0.39, 0.29) is 23.7 Å². The van der Waals surface area contributed by atoms with Crippen LogP contribution >= 0.6 is 11.3 Å². The van der Waals surface area contributed by atoms with Crippen molar-refractivity contribution in [1.29, 1.82) is 0 Å². The molecule has 0 radical (unpaired) electrons. The van der Waals surface area contributed by atoms with Crippen LogP contribution in [0.4, 0.5) is 4.39 Å². The Labute approximate surface area is 194 Å². The number of hydrogen-bond donors (Lipinski definition) is 3. The number of H-pyrrole nitrogens is 1. The topological polar surface area (TPSA) is 119 Å². The second kappa shape index (κ2) is 10.4. The molecule has 0 aliphatic heterocycles. The van der Waals surface area contributed by atoms with Crippen LogP contribution in [0.2, 0.25) is 0 Å². The number of halogens is 1. The summed E-state index contributed by atoms with van der Waals surface area (Å²) in [6, 6.07) is 4.62. The van der Waals surface area contributed by atoms with Crippen molar-refractivity contribution in [3.63, 3.8) is 0 Å². The van der Waals surface area contributed by atoms with Gasteiger partial charge in [0.2, 0.25) is 5.82 Å². The Morgan fingerprint density at radius 2 is 2.12 bits per heavy atom. The molecule has 33 heavy (non-hydrogen) atoms. The third kappa shape index (κ3) is 5.58. The number of rotatable bonds is 8. The molecule has 2 heterocycles. The number of thiophene rings is 1. The number of aromatic amines is 1. The van der Waals surface area contributed by atoms with Gasteiger partial charge in [-0.05, 0) is 54.7 Å². The van der Waals surface area contributed by atoms with Crippen LogP contribution in [0.1, 0.15) is 47.4 Å². The molecule has 4 rings (SSSR count). The number of nitrogens with two attached hydrogens (primary N) is 1. The first-order valence-electron chi connectivity index (χ1n) is 10.9. The van der Waals surface area contributed by atoms with Crippen LogP contribution in [0.25, 0.3) is 10.2 Å². The monoisotopic (exact) mass is 474 g/mol. The molecule has 3 aromatic rings. The van der Waals surface area contributed by atoms with E-state index < -0.39 is 11.7 Å². The average molecular weight is 475 g/mol. The van der Waals surface area contributed by atoms with E-state index in [4.69, 9.17) is 15.2 Å². The van der Waals surface area contributed by atoms with Gasteiger partial charge >= 0.3 is 0 Å². The first-order valence-corrected chi connectivity index (χ1v) is 11.8. The number of fused-ring (bicyclic) bond motifs is 1. The van der Waals surface area contributed by atoms with Gasteiger partial charge in [0.25, 0.3) is 11.5 Å². The first kappa shape index (κ1) is 23.3. The molecule has 8 nitrogen and oxygen atoms in total. The van der Waals surface area contributed by atoms with Crippen molar-refractivity contribution >= 4 is 27.5 Å². The van der Waals surface area contributed by atoms with Gasteiger partial charge in [-0.2, -0.15) is 0 Å². The van der Waals surface area contributed by atoms with Gasteiger partial charge in [0.05, 0.1) is 19.1 Å². The zero-order chi connectivity index (χ0) is 23.4. The fraction of sp³-hybridized carbons (Fsp3) is 0.435. The van der Waals surface area contributed by atoms with Gasteiger partial charge in [-0.1, -0.05) is 6.07 Å². The van der Waals surface area contributed by atoms with Crippen LogP contribution in [-0.4, -0.2) is 35.6 Å². The highest BCUT2D eigenvalue weighted by Crippen LogP contribution is 2.25. The normalized spacial score (nSPS) is 18.4. The number of ether oxygens (including phenoxy) is 2. The van der Waals surface area contributed by atoms with E-state index in [0.29, 0.717) is 41.0 Å². The van der Waals surface area contributed by atoms with E-state index in [1.54, 1.807) is 6.07 Å². The van der Waals surface area contributed by atoms with E-state index in [9.17, 15) is 14.0 Å². The Hall–Kier alpha value is -2.82. The van der Waals surface area contributed by atoms with Gasteiger partial charge < -0.3 is 25.5 Å². The van der Waals surface area contributed by atoms with Gasteiger partial charge in [-0.3, -0.25) is 9.59 Å². The van der Waals surface area contributed by atoms with Crippen LogP contribution in [0.3, 0.4) is 0 Å². The molecule has 1 aliphatic carbocycles. The summed E-state index contributed by atoms with van der Waals surface area (Å²) in [6.45, 7) is 1.10. The number of carbonyl (C=O) groups is 1. The molecule has 0 bridgehead atoms. The first-order chi connectivity index (χ1) is 15.9. The Kier molecular flexibility index (Phi) is 7.36. The third-order valence-corrected chi connectivity index (χ3v) is 6.83. The third-order valence-electron chi connectivity index (χ3n) is 5.91. The molecule has 10 heteroatoms. The van der Waals surface area contributed by atoms with Crippen molar-refractivity contribution in [2.24, 2.45) is 11.7 Å². The molecular formula is C23H27FN4O4S. The maximum absolute atomic E-state index is 13.5. The summed E-state index contributed by atoms with van der Waals surface area (Å²) < 4.78 is 24.4. The molecule has 1 fully saturated rings. The number of hydrogen-bond acceptors (Lipinski definition) is 7. The molecule has 1 saturated carbocycles. The van der Waals surface area contributed by atoms with Gasteiger partial charge in [0.1, 0.15) is 4.83 Å². The van der Waals surface area contributed by atoms with E-state index in [1.165, 1.54) is 30.6 Å². The molecular weight excluding hydrogens is 447 g/mol. The van der Waals surface area contributed by atoms with Crippen molar-refractivity contribution in [2.75, 3.05) is 13.7 Å². The van der Waals surface area contributed by atoms with Crippen molar-refractivity contribution < 1.29 is 18.7 Å². The lowest BCUT2D eigenvalue weighted by molar-refractivity contribution is 0.0726. The van der Waals surface area contributed by atoms with Gasteiger partial charge in [0, 0.05) is 24.8 Å². The van der Waals surface area contributed by atoms with E-state index in [1.807, 2.05) is 5.38 Å². The van der Waals surface area contributed by atoms with Crippen LogP contribution in [0, 0.1) is 11.7 Å². The number of methoxy groups -OCH3 is 1. The second-order valence-electron chi connectivity index (χ2n) is 8.30. The number of aromatic nitrogens is 2. The highest BCUT2D eigenvalue weighted by molar-refractivity contribution is 7.16. The lowest BCUT2D eigenvalue weighted by atomic mass is 9.87. The summed E-state index contributed by atoms with van der Waals surface area (Å²) >= 11 is 1.30. The van der Waals surface area contributed by atoms with Crippen molar-refractivity contribution in [1.82, 2.24) is 15.3 Å². The molecule has 1 aromatic carbocycles. The molecule has 0 saturated heterocycles. The molecule has 0 atom stereocenters. The van der Waals surface area contributed by atoms with Gasteiger partial charge in [-0.25, -0.2) is 9.37 Å². The van der Waals surface area contributed by atoms with Crippen molar-refractivity contribution in [3.8, 4) is 5.75 Å². The van der Waals surface area contributed by atoms with E-state index in [2.05, 4.69) is 15.3 Å². The minimum absolute atomic E-state index is 0.0746. The lowest BCUT2D eigenvalue weighted by Crippen LogP contribution is -2.28. The highest BCUT2D eigenvalue weighted by atomic mass is 32.1. The van der Waals surface area contributed by atoms with Crippen molar-refractivity contribution in [3.05, 3.63) is 56.7 Å². The number of amides is 1. The Balaban J connectivity index is 1.38. The number of nitrogens with one attached hydrogen (secondary N) is 2. The quantitative estimate of drug-likeness (QED) is 0.462. The fourth-order valence-electron chi connectivity index (χ4n) is 3.99. The molecule has 0 unspecified atom stereocenters. The Morgan fingerprint density at radius 3 is 2.88 bits per heavy atom. The van der Waals surface area contributed by atoms with E-state index >= 15 is 0 Å². The van der Waals surface area contributed by atoms with Gasteiger partial charge in [0.15, 0.2) is 11.6 Å². The Morgan fingerprint density at radius 1 is 1.33 bits per heavy atom. The lowest BCUT2D eigenvalue weighted by Gasteiger charge is -2.25. The maximum atomic E-state index is 13.5. The summed E-state index contributed by atoms with van der Waals surface area (Å²) in [5.74, 6) is -0.490. The summed E-state index contributed by atoms with van der Waals surface area (Å²) in [4.78, 5) is 32.6. The van der Waals surface area contributed by atoms with Crippen LogP contribution in [-0.2, 0) is 17.9 Å². The fourth-order valence-corrected chi connectivity index (χ4v) is 4.92.